The van der Waals surface area contributed by atoms with E-state index in [2.05, 4.69) is 166 Å². The van der Waals surface area contributed by atoms with Gasteiger partial charge < -0.3 is 8.83 Å². The predicted molar refractivity (Wildman–Crippen MR) is 271 cm³/mol. The van der Waals surface area contributed by atoms with Crippen LogP contribution in [-0.4, -0.2) is 19.9 Å². The summed E-state index contributed by atoms with van der Waals surface area (Å²) in [6.07, 6.45) is 10.0. The second-order valence-electron chi connectivity index (χ2n) is 17.3. The Balaban J connectivity index is 0.920. The van der Waals surface area contributed by atoms with Gasteiger partial charge in [0.25, 0.3) is 0 Å². The van der Waals surface area contributed by atoms with Crippen LogP contribution in [0.1, 0.15) is 75.6 Å². The van der Waals surface area contributed by atoms with E-state index in [9.17, 15) is 0 Å². The van der Waals surface area contributed by atoms with Gasteiger partial charge in [-0.2, -0.15) is 0 Å². The number of nitrogens with zero attached hydrogens (tertiary/aromatic N) is 4. The van der Waals surface area contributed by atoms with E-state index in [1.165, 1.54) is 22.3 Å². The van der Waals surface area contributed by atoms with Gasteiger partial charge >= 0.3 is 0 Å². The van der Waals surface area contributed by atoms with Crippen LogP contribution in [0, 0.1) is 0 Å². The van der Waals surface area contributed by atoms with Gasteiger partial charge in [0.15, 0.2) is 11.2 Å². The predicted octanol–water partition coefficient (Wildman–Crippen LogP) is 16.2. The molecular formula is C60H54N4O2. The zero-order valence-corrected chi connectivity index (χ0v) is 38.3. The smallest absolute Gasteiger partial charge is 0.227 e. The van der Waals surface area contributed by atoms with Crippen LogP contribution < -0.4 is 0 Å². The first kappa shape index (κ1) is 42.5. The molecule has 0 atom stereocenters. The Hall–Kier alpha value is -7.44. The molecule has 10 rings (SSSR count). The first-order chi connectivity index (χ1) is 32.5. The van der Waals surface area contributed by atoms with Crippen molar-refractivity contribution in [3.8, 4) is 78.9 Å². The third kappa shape index (κ3) is 8.47. The minimum absolute atomic E-state index is 0.670. The Morgan fingerprint density at radius 2 is 0.758 bits per heavy atom. The summed E-state index contributed by atoms with van der Waals surface area (Å²) >= 11 is 0. The van der Waals surface area contributed by atoms with Gasteiger partial charge in [0.1, 0.15) is 11.0 Å². The highest BCUT2D eigenvalue weighted by Gasteiger charge is 2.18. The van der Waals surface area contributed by atoms with Crippen LogP contribution in [0.15, 0.2) is 167 Å². The molecule has 66 heavy (non-hydrogen) atoms. The van der Waals surface area contributed by atoms with Gasteiger partial charge in [-0.15, -0.1) is 0 Å². The number of aromatic nitrogens is 4. The molecular weight excluding hydrogens is 809 g/mol. The summed E-state index contributed by atoms with van der Waals surface area (Å²) in [6, 6.07) is 53.6. The quantitative estimate of drug-likeness (QED) is 0.102. The Labute approximate surface area is 387 Å². The normalized spacial score (nSPS) is 11.5. The number of oxazole rings is 2. The molecule has 0 N–H and O–H groups in total. The van der Waals surface area contributed by atoms with Gasteiger partial charge in [-0.25, -0.2) is 15.0 Å². The van der Waals surface area contributed by atoms with Gasteiger partial charge in [0.05, 0.1) is 17.1 Å². The van der Waals surface area contributed by atoms with Gasteiger partial charge in [-0.05, 0) is 124 Å². The molecule has 6 nitrogen and oxygen atoms in total. The lowest BCUT2D eigenvalue weighted by Crippen LogP contribution is -1.94. The maximum atomic E-state index is 6.47. The maximum Gasteiger partial charge on any atom is 0.227 e. The lowest BCUT2D eigenvalue weighted by molar-refractivity contribution is 0.614. The van der Waals surface area contributed by atoms with Gasteiger partial charge in [-0.3, -0.25) is 4.98 Å². The van der Waals surface area contributed by atoms with Gasteiger partial charge in [0, 0.05) is 28.5 Å². The molecule has 6 heteroatoms. The lowest BCUT2D eigenvalue weighted by atomic mass is 9.95. The minimum Gasteiger partial charge on any atom is -0.436 e. The molecule has 326 valence electrons. The molecule has 4 heterocycles. The van der Waals surface area contributed by atoms with Crippen molar-refractivity contribution in [2.45, 2.75) is 79.1 Å². The van der Waals surface area contributed by atoms with E-state index < -0.39 is 0 Å². The van der Waals surface area contributed by atoms with Gasteiger partial charge in [-0.1, -0.05) is 157 Å². The van der Waals surface area contributed by atoms with Crippen LogP contribution in [0.3, 0.4) is 0 Å². The minimum atomic E-state index is 0.670. The molecule has 0 aliphatic carbocycles. The second kappa shape index (κ2) is 19.0. The molecule has 0 spiro atoms. The Morgan fingerprint density at radius 3 is 1.20 bits per heavy atom. The SMILES string of the molecule is CCCc1ccc(CCC)c2oc(-c3ccc(-c4ccc(-c5ccc(-c6ccccn6)nc5-c5ccc(-c6ccc(-c7nc8c(CCC)ccc(CCC)c8o7)cc6)cc5)cc4)cc3)nc12. The molecule has 0 amide bonds. The van der Waals surface area contributed by atoms with E-state index in [4.69, 9.17) is 23.8 Å². The first-order valence-electron chi connectivity index (χ1n) is 23.7. The molecule has 0 unspecified atom stereocenters. The van der Waals surface area contributed by atoms with Crippen LogP contribution in [-0.2, 0) is 25.7 Å². The molecule has 6 aromatic carbocycles. The van der Waals surface area contributed by atoms with Crippen molar-refractivity contribution in [1.29, 1.82) is 0 Å². The van der Waals surface area contributed by atoms with E-state index in [0.717, 1.165) is 141 Å². The molecule has 0 saturated heterocycles. The number of rotatable bonds is 15. The zero-order chi connectivity index (χ0) is 45.0. The van der Waals surface area contributed by atoms with Crippen LogP contribution in [0.25, 0.3) is 101 Å². The fourth-order valence-electron chi connectivity index (χ4n) is 9.19. The van der Waals surface area contributed by atoms with Crippen molar-refractivity contribution in [2.75, 3.05) is 0 Å². The number of aryl methyl sites for hydroxylation is 4. The molecule has 4 aromatic heterocycles. The Morgan fingerprint density at radius 1 is 0.348 bits per heavy atom. The summed E-state index contributed by atoms with van der Waals surface area (Å²) < 4.78 is 12.9. The topological polar surface area (TPSA) is 77.8 Å². The Bertz CT molecular complexity index is 3170. The number of fused-ring (bicyclic) bond motifs is 2. The molecule has 0 radical (unpaired) electrons. The van der Waals surface area contributed by atoms with Crippen LogP contribution in [0.5, 0.6) is 0 Å². The third-order valence-corrected chi connectivity index (χ3v) is 12.6. The largest absolute Gasteiger partial charge is 0.436 e. The first-order valence-corrected chi connectivity index (χ1v) is 23.7. The van der Waals surface area contributed by atoms with Crippen molar-refractivity contribution in [3.63, 3.8) is 0 Å². The summed E-state index contributed by atoms with van der Waals surface area (Å²) in [5, 5.41) is 0. The van der Waals surface area contributed by atoms with E-state index in [0.29, 0.717) is 11.8 Å². The molecule has 0 aliphatic heterocycles. The average molecular weight is 863 g/mol. The summed E-state index contributed by atoms with van der Waals surface area (Å²) in [5.41, 5.74) is 21.0. The monoisotopic (exact) mass is 862 g/mol. The average Bonchev–Trinajstić information content (AvgIpc) is 4.04. The van der Waals surface area contributed by atoms with Crippen molar-refractivity contribution in [1.82, 2.24) is 19.9 Å². The highest BCUT2D eigenvalue weighted by molar-refractivity contribution is 5.86. The van der Waals surface area contributed by atoms with Crippen molar-refractivity contribution < 1.29 is 8.83 Å². The van der Waals surface area contributed by atoms with E-state index in [-0.39, 0.29) is 0 Å². The second-order valence-corrected chi connectivity index (χ2v) is 17.3. The highest BCUT2D eigenvalue weighted by atomic mass is 16.4. The molecule has 10 aromatic rings. The van der Waals surface area contributed by atoms with Crippen LogP contribution >= 0.6 is 0 Å². The summed E-state index contributed by atoms with van der Waals surface area (Å²) in [4.78, 5) is 19.9. The van der Waals surface area contributed by atoms with Crippen molar-refractivity contribution in [2.24, 2.45) is 0 Å². The maximum absolute atomic E-state index is 6.47. The molecule has 0 bridgehead atoms. The van der Waals surface area contributed by atoms with E-state index in [1.807, 2.05) is 24.4 Å². The fourth-order valence-corrected chi connectivity index (χ4v) is 9.19. The van der Waals surface area contributed by atoms with Crippen LogP contribution in [0.2, 0.25) is 0 Å². The van der Waals surface area contributed by atoms with Crippen molar-refractivity contribution >= 4 is 22.2 Å². The van der Waals surface area contributed by atoms with E-state index in [1.54, 1.807) is 0 Å². The lowest BCUT2D eigenvalue weighted by Gasteiger charge is -2.13. The zero-order valence-electron chi connectivity index (χ0n) is 38.3. The number of hydrogen-bond acceptors (Lipinski definition) is 6. The third-order valence-electron chi connectivity index (χ3n) is 12.6. The standard InChI is InChI=1S/C60H54N4O2/c1-5-11-44-28-30-47(13-7-3)57-55(44)63-59(65-57)49-32-20-41(21-33-49)39-16-24-43(25-17-39)51-36-37-53(52-15-9-10-38-61-52)62-54(51)46-26-18-40(19-27-46)42-22-34-50(35-23-42)60-64-56-45(12-6-2)29-31-48(14-8-4)58(56)66-60/h9-10,15-38H,5-8,11-14H2,1-4H3. The molecule has 0 saturated carbocycles. The fraction of sp³-hybridized carbons (Fsp3) is 0.200. The Kier molecular flexibility index (Phi) is 12.2. The van der Waals surface area contributed by atoms with E-state index >= 15 is 0 Å². The van der Waals surface area contributed by atoms with Gasteiger partial charge in [0.2, 0.25) is 11.8 Å². The summed E-state index contributed by atoms with van der Waals surface area (Å²) in [5.74, 6) is 1.34. The van der Waals surface area contributed by atoms with Crippen LogP contribution in [0.4, 0.5) is 0 Å². The number of hydrogen-bond donors (Lipinski definition) is 0. The highest BCUT2D eigenvalue weighted by Crippen LogP contribution is 2.37. The number of benzene rings is 6. The summed E-state index contributed by atoms with van der Waals surface area (Å²) in [6.45, 7) is 8.82. The molecule has 0 aliphatic rings. The number of pyridine rings is 2. The molecule has 0 fully saturated rings. The van der Waals surface area contributed by atoms with Crippen molar-refractivity contribution in [3.05, 3.63) is 180 Å². The summed E-state index contributed by atoms with van der Waals surface area (Å²) in [7, 11) is 0.